The summed E-state index contributed by atoms with van der Waals surface area (Å²) in [6.07, 6.45) is 0.908. The number of ketones is 1. The first-order chi connectivity index (χ1) is 9.10. The standard InChI is InChI=1S/C15H15FO2S/c1-3-11-5-7-15(19-11)13(17)9-18-14-8-10(2)4-6-12(14)16/h4-8H,3,9H2,1-2H3. The maximum Gasteiger partial charge on any atom is 0.210 e. The van der Waals surface area contributed by atoms with Gasteiger partial charge in [0, 0.05) is 4.88 Å². The number of Topliss-reactive ketones (excluding diaryl/α,β-unsaturated/α-hetero) is 1. The molecule has 0 aliphatic carbocycles. The molecule has 100 valence electrons. The van der Waals surface area contributed by atoms with Crippen LogP contribution in [-0.2, 0) is 6.42 Å². The molecule has 2 rings (SSSR count). The number of ether oxygens (including phenoxy) is 1. The summed E-state index contributed by atoms with van der Waals surface area (Å²) in [6, 6.07) is 8.33. The van der Waals surface area contributed by atoms with Crippen LogP contribution in [0.5, 0.6) is 5.75 Å². The van der Waals surface area contributed by atoms with Crippen molar-refractivity contribution in [3.8, 4) is 5.75 Å². The Balaban J connectivity index is 2.02. The second kappa shape index (κ2) is 5.97. The molecule has 0 saturated carbocycles. The fraction of sp³-hybridized carbons (Fsp3) is 0.267. The van der Waals surface area contributed by atoms with E-state index < -0.39 is 5.82 Å². The van der Waals surface area contributed by atoms with Crippen LogP contribution < -0.4 is 4.74 Å². The fourth-order valence-corrected chi connectivity index (χ4v) is 2.53. The zero-order chi connectivity index (χ0) is 13.8. The lowest BCUT2D eigenvalue weighted by atomic mass is 10.2. The lowest BCUT2D eigenvalue weighted by molar-refractivity contribution is 0.0923. The van der Waals surface area contributed by atoms with Crippen LogP contribution in [0, 0.1) is 12.7 Å². The van der Waals surface area contributed by atoms with Gasteiger partial charge in [-0.2, -0.15) is 0 Å². The van der Waals surface area contributed by atoms with Crippen LogP contribution in [0.2, 0.25) is 0 Å². The minimum atomic E-state index is -0.446. The number of hydrogen-bond donors (Lipinski definition) is 0. The molecule has 0 amide bonds. The average Bonchev–Trinajstić information content (AvgIpc) is 2.88. The maximum atomic E-state index is 13.4. The second-order valence-corrected chi connectivity index (χ2v) is 5.43. The SMILES string of the molecule is CCc1ccc(C(=O)COc2cc(C)ccc2F)s1. The van der Waals surface area contributed by atoms with Crippen molar-refractivity contribution in [3.05, 3.63) is 51.5 Å². The molecule has 0 spiro atoms. The summed E-state index contributed by atoms with van der Waals surface area (Å²) in [7, 11) is 0. The Kier molecular flexibility index (Phi) is 4.32. The summed E-state index contributed by atoms with van der Waals surface area (Å²) in [6.45, 7) is 3.75. The molecule has 0 fully saturated rings. The highest BCUT2D eigenvalue weighted by Gasteiger charge is 2.11. The van der Waals surface area contributed by atoms with Gasteiger partial charge in [0.25, 0.3) is 0 Å². The third-order valence-corrected chi connectivity index (χ3v) is 4.00. The minimum Gasteiger partial charge on any atom is -0.482 e. The van der Waals surface area contributed by atoms with Gasteiger partial charge in [-0.3, -0.25) is 4.79 Å². The summed E-state index contributed by atoms with van der Waals surface area (Å²) in [5.41, 5.74) is 0.897. The Labute approximate surface area is 115 Å². The maximum absolute atomic E-state index is 13.4. The van der Waals surface area contributed by atoms with Gasteiger partial charge >= 0.3 is 0 Å². The normalized spacial score (nSPS) is 10.5. The summed E-state index contributed by atoms with van der Waals surface area (Å²) < 4.78 is 18.7. The zero-order valence-corrected chi connectivity index (χ0v) is 11.7. The van der Waals surface area contributed by atoms with E-state index in [9.17, 15) is 9.18 Å². The molecule has 1 heterocycles. The van der Waals surface area contributed by atoms with Gasteiger partial charge in [0.1, 0.15) is 0 Å². The van der Waals surface area contributed by atoms with Crippen molar-refractivity contribution in [2.45, 2.75) is 20.3 Å². The zero-order valence-electron chi connectivity index (χ0n) is 10.9. The molecule has 1 aromatic carbocycles. The molecule has 0 unspecified atom stereocenters. The molecule has 0 aliphatic rings. The molecule has 19 heavy (non-hydrogen) atoms. The summed E-state index contributed by atoms with van der Waals surface area (Å²) in [5.74, 6) is -0.440. The second-order valence-electron chi connectivity index (χ2n) is 4.27. The highest BCUT2D eigenvalue weighted by molar-refractivity contribution is 7.14. The number of benzene rings is 1. The van der Waals surface area contributed by atoms with E-state index in [-0.39, 0.29) is 18.1 Å². The largest absolute Gasteiger partial charge is 0.482 e. The molecular weight excluding hydrogens is 263 g/mol. The first kappa shape index (κ1) is 13.7. The third-order valence-electron chi connectivity index (χ3n) is 2.73. The molecule has 0 radical (unpaired) electrons. The monoisotopic (exact) mass is 278 g/mol. The molecule has 0 aliphatic heterocycles. The quantitative estimate of drug-likeness (QED) is 0.772. The molecule has 0 atom stereocenters. The number of carbonyl (C=O) groups excluding carboxylic acids is 1. The highest BCUT2D eigenvalue weighted by Crippen LogP contribution is 2.20. The summed E-state index contributed by atoms with van der Waals surface area (Å²) >= 11 is 1.46. The van der Waals surface area contributed by atoms with E-state index >= 15 is 0 Å². The molecule has 1 aromatic heterocycles. The van der Waals surface area contributed by atoms with E-state index in [1.807, 2.05) is 19.9 Å². The summed E-state index contributed by atoms with van der Waals surface area (Å²) in [5, 5.41) is 0. The Morgan fingerprint density at radius 1 is 1.32 bits per heavy atom. The molecule has 4 heteroatoms. The highest BCUT2D eigenvalue weighted by atomic mass is 32.1. The van der Waals surface area contributed by atoms with Gasteiger partial charge in [-0.1, -0.05) is 13.0 Å². The smallest absolute Gasteiger partial charge is 0.210 e. The van der Waals surface area contributed by atoms with Crippen molar-refractivity contribution in [2.24, 2.45) is 0 Å². The lowest BCUT2D eigenvalue weighted by Crippen LogP contribution is -2.10. The first-order valence-corrected chi connectivity index (χ1v) is 6.92. The minimum absolute atomic E-state index is 0.120. The van der Waals surface area contributed by atoms with Gasteiger partial charge in [-0.15, -0.1) is 11.3 Å². The van der Waals surface area contributed by atoms with Gasteiger partial charge in [0.05, 0.1) is 4.88 Å². The molecule has 0 saturated heterocycles. The van der Waals surface area contributed by atoms with Crippen molar-refractivity contribution >= 4 is 17.1 Å². The van der Waals surface area contributed by atoms with Crippen LogP contribution in [0.15, 0.2) is 30.3 Å². The number of thiophene rings is 1. The van der Waals surface area contributed by atoms with Gasteiger partial charge in [-0.25, -0.2) is 4.39 Å². The van der Waals surface area contributed by atoms with Crippen LogP contribution in [0.4, 0.5) is 4.39 Å². The number of aryl methyl sites for hydroxylation is 2. The molecular formula is C15H15FO2S. The van der Waals surface area contributed by atoms with Crippen LogP contribution in [0.1, 0.15) is 27.0 Å². The van der Waals surface area contributed by atoms with Crippen molar-refractivity contribution in [3.63, 3.8) is 0 Å². The topological polar surface area (TPSA) is 26.3 Å². The Morgan fingerprint density at radius 3 is 2.79 bits per heavy atom. The average molecular weight is 278 g/mol. The van der Waals surface area contributed by atoms with Gasteiger partial charge in [0.2, 0.25) is 5.78 Å². The van der Waals surface area contributed by atoms with Crippen LogP contribution in [-0.4, -0.2) is 12.4 Å². The Bertz CT molecular complexity index is 590. The predicted molar refractivity (Wildman–Crippen MR) is 74.7 cm³/mol. The molecule has 0 bridgehead atoms. The van der Waals surface area contributed by atoms with Gasteiger partial charge in [-0.05, 0) is 43.2 Å². The molecule has 2 nitrogen and oxygen atoms in total. The number of carbonyl (C=O) groups is 1. The van der Waals surface area contributed by atoms with Crippen molar-refractivity contribution in [1.82, 2.24) is 0 Å². The first-order valence-electron chi connectivity index (χ1n) is 6.11. The number of hydrogen-bond acceptors (Lipinski definition) is 3. The Morgan fingerprint density at radius 2 is 2.11 bits per heavy atom. The molecule has 0 N–H and O–H groups in total. The fourth-order valence-electron chi connectivity index (χ4n) is 1.65. The van der Waals surface area contributed by atoms with Crippen LogP contribution in [0.3, 0.4) is 0 Å². The van der Waals surface area contributed by atoms with Crippen molar-refractivity contribution in [1.29, 1.82) is 0 Å². The van der Waals surface area contributed by atoms with Gasteiger partial charge in [0.15, 0.2) is 18.2 Å². The lowest BCUT2D eigenvalue weighted by Gasteiger charge is -2.06. The molecule has 2 aromatic rings. The van der Waals surface area contributed by atoms with Crippen molar-refractivity contribution < 1.29 is 13.9 Å². The number of halogens is 1. The van der Waals surface area contributed by atoms with E-state index in [0.29, 0.717) is 4.88 Å². The van der Waals surface area contributed by atoms with Crippen molar-refractivity contribution in [2.75, 3.05) is 6.61 Å². The Hall–Kier alpha value is -1.68. The van der Waals surface area contributed by atoms with E-state index in [2.05, 4.69) is 0 Å². The van der Waals surface area contributed by atoms with E-state index in [1.54, 1.807) is 18.2 Å². The van der Waals surface area contributed by atoms with Crippen LogP contribution in [0.25, 0.3) is 0 Å². The summed E-state index contributed by atoms with van der Waals surface area (Å²) in [4.78, 5) is 13.7. The van der Waals surface area contributed by atoms with E-state index in [1.165, 1.54) is 17.4 Å². The van der Waals surface area contributed by atoms with Crippen LogP contribution >= 0.6 is 11.3 Å². The third kappa shape index (κ3) is 3.41. The van der Waals surface area contributed by atoms with E-state index in [0.717, 1.165) is 16.9 Å². The predicted octanol–water partition coefficient (Wildman–Crippen LogP) is 4.02. The van der Waals surface area contributed by atoms with Gasteiger partial charge < -0.3 is 4.74 Å². The number of rotatable bonds is 5. The van der Waals surface area contributed by atoms with E-state index in [4.69, 9.17) is 4.74 Å².